The van der Waals surface area contributed by atoms with Gasteiger partial charge in [0.05, 0.1) is 24.3 Å². The minimum absolute atomic E-state index is 0.0231. The number of carbonyl (C=O) groups excluding carboxylic acids is 1. The molecule has 6 rings (SSSR count). The van der Waals surface area contributed by atoms with Crippen molar-refractivity contribution in [1.29, 1.82) is 0 Å². The third kappa shape index (κ3) is 2.70. The van der Waals surface area contributed by atoms with Gasteiger partial charge in [-0.1, -0.05) is 5.16 Å². The second kappa shape index (κ2) is 6.43. The van der Waals surface area contributed by atoms with Gasteiger partial charge in [0.25, 0.3) is 0 Å². The number of hydrogen-bond acceptors (Lipinski definition) is 9. The van der Waals surface area contributed by atoms with E-state index in [2.05, 4.69) is 15.0 Å². The van der Waals surface area contributed by atoms with Crippen LogP contribution in [0.2, 0.25) is 0 Å². The highest BCUT2D eigenvalue weighted by molar-refractivity contribution is 7.15. The number of nitrogen functional groups attached to an aromatic ring is 1. The Morgan fingerprint density at radius 2 is 2.00 bits per heavy atom. The molecule has 0 spiro atoms. The lowest BCUT2D eigenvalue weighted by atomic mass is 9.53. The van der Waals surface area contributed by atoms with Crippen LogP contribution < -0.4 is 10.6 Å². The lowest BCUT2D eigenvalue weighted by Gasteiger charge is -2.50. The maximum absolute atomic E-state index is 12.4. The first-order valence-corrected chi connectivity index (χ1v) is 10.9. The average Bonchev–Trinajstić information content (AvgIpc) is 3.35. The molecule has 0 amide bonds. The van der Waals surface area contributed by atoms with Crippen LogP contribution >= 0.6 is 11.3 Å². The number of hydrogen-bond donors (Lipinski definition) is 1. The van der Waals surface area contributed by atoms with Gasteiger partial charge in [-0.3, -0.25) is 4.79 Å². The summed E-state index contributed by atoms with van der Waals surface area (Å²) < 4.78 is 11.0. The Kier molecular flexibility index (Phi) is 4.12. The number of esters is 1. The van der Waals surface area contributed by atoms with E-state index < -0.39 is 0 Å². The fourth-order valence-corrected chi connectivity index (χ4v) is 5.94. The van der Waals surface area contributed by atoms with Gasteiger partial charge < -0.3 is 19.9 Å². The smallest absolute Gasteiger partial charge is 0.324 e. The molecule has 3 saturated carbocycles. The summed E-state index contributed by atoms with van der Waals surface area (Å²) in [5.41, 5.74) is 6.57. The summed E-state index contributed by atoms with van der Waals surface area (Å²) in [5.74, 6) is 0.777. The van der Waals surface area contributed by atoms with E-state index in [0.29, 0.717) is 24.3 Å². The van der Waals surface area contributed by atoms with E-state index in [1.165, 1.54) is 16.2 Å². The minimum Gasteiger partial charge on any atom is -0.466 e. The number of ether oxygens (including phenoxy) is 1. The topological polar surface area (TPSA) is 107 Å². The molecular formula is C19H25N5O3S. The molecule has 0 radical (unpaired) electrons. The van der Waals surface area contributed by atoms with Gasteiger partial charge in [0.15, 0.2) is 11.0 Å². The number of rotatable bonds is 4. The fraction of sp³-hybridized carbons (Fsp3) is 0.684. The Bertz CT molecular complexity index is 883. The summed E-state index contributed by atoms with van der Waals surface area (Å²) >= 11 is 1.53. The van der Waals surface area contributed by atoms with E-state index in [1.54, 1.807) is 0 Å². The molecular weight excluding hydrogens is 378 g/mol. The van der Waals surface area contributed by atoms with E-state index in [9.17, 15) is 4.79 Å². The predicted octanol–water partition coefficient (Wildman–Crippen LogP) is 2.83. The number of fused-ring (bicyclic) bond motifs is 4. The molecule has 3 heterocycles. The Morgan fingerprint density at radius 3 is 2.71 bits per heavy atom. The predicted molar refractivity (Wildman–Crippen MR) is 104 cm³/mol. The van der Waals surface area contributed by atoms with Crippen molar-refractivity contribution < 1.29 is 14.1 Å². The molecule has 2 N–H and O–H groups in total. The Morgan fingerprint density at radius 1 is 1.25 bits per heavy atom. The van der Waals surface area contributed by atoms with Gasteiger partial charge in [-0.15, -0.1) is 11.3 Å². The van der Waals surface area contributed by atoms with E-state index in [1.807, 2.05) is 6.92 Å². The van der Waals surface area contributed by atoms with Crippen LogP contribution in [0, 0.1) is 5.41 Å². The average molecular weight is 404 g/mol. The third-order valence-electron chi connectivity index (χ3n) is 6.86. The molecule has 9 heteroatoms. The quantitative estimate of drug-likeness (QED) is 0.777. The third-order valence-corrected chi connectivity index (χ3v) is 7.77. The number of nitrogens with two attached hydrogens (primary N) is 1. The van der Waals surface area contributed by atoms with Gasteiger partial charge in [0, 0.05) is 23.3 Å². The molecule has 3 fully saturated rings. The Balaban J connectivity index is 1.32. The minimum atomic E-state index is -0.292. The zero-order valence-corrected chi connectivity index (χ0v) is 16.9. The molecule has 3 aliphatic carbocycles. The van der Waals surface area contributed by atoms with Crippen LogP contribution in [0.5, 0.6) is 0 Å². The maximum Gasteiger partial charge on any atom is 0.324 e. The first-order chi connectivity index (χ1) is 13.5. The van der Waals surface area contributed by atoms with Crippen LogP contribution in [0.3, 0.4) is 0 Å². The summed E-state index contributed by atoms with van der Waals surface area (Å²) in [6.07, 6.45) is 6.14. The van der Waals surface area contributed by atoms with Crippen molar-refractivity contribution in [3.63, 3.8) is 0 Å². The Hall–Kier alpha value is -2.16. The maximum atomic E-state index is 12.4. The fourth-order valence-electron chi connectivity index (χ4n) is 5.05. The van der Waals surface area contributed by atoms with Crippen LogP contribution in [0.25, 0.3) is 0 Å². The van der Waals surface area contributed by atoms with Crippen LogP contribution in [-0.2, 0) is 27.9 Å². The van der Waals surface area contributed by atoms with E-state index in [-0.39, 0.29) is 16.8 Å². The monoisotopic (exact) mass is 403 g/mol. The van der Waals surface area contributed by atoms with Gasteiger partial charge in [-0.2, -0.15) is 4.98 Å². The van der Waals surface area contributed by atoms with Gasteiger partial charge in [-0.25, -0.2) is 4.98 Å². The van der Waals surface area contributed by atoms with Crippen molar-refractivity contribution in [3.8, 4) is 0 Å². The summed E-state index contributed by atoms with van der Waals surface area (Å²) in [7, 11) is 0. The number of thiazole rings is 1. The molecule has 28 heavy (non-hydrogen) atoms. The summed E-state index contributed by atoms with van der Waals surface area (Å²) in [6.45, 7) is 3.83. The second-order valence-corrected chi connectivity index (χ2v) is 9.39. The summed E-state index contributed by atoms with van der Waals surface area (Å²) in [6, 6.07) is 0.579. The molecule has 0 atom stereocenters. The molecule has 4 aliphatic rings. The number of anilines is 2. The molecule has 0 aromatic carbocycles. The molecule has 2 bridgehead atoms. The zero-order valence-electron chi connectivity index (χ0n) is 16.1. The first kappa shape index (κ1) is 17.9. The zero-order chi connectivity index (χ0) is 19.4. The van der Waals surface area contributed by atoms with E-state index >= 15 is 0 Å². The van der Waals surface area contributed by atoms with Gasteiger partial charge in [-0.05, 0) is 45.4 Å². The lowest BCUT2D eigenvalue weighted by Crippen LogP contribution is -2.49. The van der Waals surface area contributed by atoms with Crippen LogP contribution in [0.4, 0.5) is 11.1 Å². The number of nitrogens with zero attached hydrogens (tertiary/aromatic N) is 4. The van der Waals surface area contributed by atoms with Gasteiger partial charge in [0.1, 0.15) is 0 Å². The highest BCUT2D eigenvalue weighted by atomic mass is 32.1. The number of carbonyl (C=O) groups is 1. The van der Waals surface area contributed by atoms with Gasteiger partial charge in [0.2, 0.25) is 0 Å². The van der Waals surface area contributed by atoms with E-state index in [0.717, 1.165) is 63.0 Å². The Labute approximate surface area is 167 Å². The molecule has 0 saturated heterocycles. The van der Waals surface area contributed by atoms with Crippen molar-refractivity contribution in [1.82, 2.24) is 15.1 Å². The normalized spacial score (nSPS) is 29.0. The molecule has 2 aromatic rings. The molecule has 8 nitrogen and oxygen atoms in total. The highest BCUT2D eigenvalue weighted by Gasteiger charge is 2.55. The molecule has 1 aliphatic heterocycles. The molecule has 2 aromatic heterocycles. The second-order valence-electron chi connectivity index (χ2n) is 8.28. The molecule has 150 valence electrons. The standard InChI is InChI=1S/C19H25N5O3S/c1-2-26-15(25)19-7-4-18(5-8-19,6-9-19)14-22-17(27-23-14)24-10-3-12-13(11-24)28-16(20)21-12/h2-11H2,1H3,(H2,20,21). The molecule has 0 unspecified atom stereocenters. The van der Waals surface area contributed by atoms with Crippen molar-refractivity contribution in [3.05, 3.63) is 16.4 Å². The van der Waals surface area contributed by atoms with Crippen molar-refractivity contribution in [2.75, 3.05) is 23.8 Å². The SMILES string of the molecule is CCOC(=O)C12CCC(c3noc(N4CCc5nc(N)sc5C4)n3)(CC1)CC2. The van der Waals surface area contributed by atoms with Crippen LogP contribution in [0.1, 0.15) is 61.8 Å². The first-order valence-electron chi connectivity index (χ1n) is 10.0. The van der Waals surface area contributed by atoms with Crippen molar-refractivity contribution in [2.24, 2.45) is 5.41 Å². The largest absolute Gasteiger partial charge is 0.466 e. The van der Waals surface area contributed by atoms with Crippen LogP contribution in [-0.4, -0.2) is 34.2 Å². The highest BCUT2D eigenvalue weighted by Crippen LogP contribution is 2.57. The lowest BCUT2D eigenvalue weighted by molar-refractivity contribution is -0.163. The van der Waals surface area contributed by atoms with E-state index in [4.69, 9.17) is 20.0 Å². The summed E-state index contributed by atoms with van der Waals surface area (Å²) in [4.78, 5) is 24.9. The van der Waals surface area contributed by atoms with Crippen LogP contribution in [0.15, 0.2) is 4.52 Å². The summed E-state index contributed by atoms with van der Waals surface area (Å²) in [5, 5.41) is 4.98. The number of aromatic nitrogens is 3. The van der Waals surface area contributed by atoms with Gasteiger partial charge >= 0.3 is 12.0 Å². The van der Waals surface area contributed by atoms with Crippen molar-refractivity contribution >= 4 is 28.5 Å². The van der Waals surface area contributed by atoms with Crippen molar-refractivity contribution in [2.45, 2.75) is 63.8 Å².